The Hall–Kier alpha value is -2.13. The molecule has 2 aliphatic rings. The number of urea groups is 1. The summed E-state index contributed by atoms with van der Waals surface area (Å²) < 4.78 is 23.4. The molecule has 178 valence electrons. The molecule has 1 spiro atoms. The summed E-state index contributed by atoms with van der Waals surface area (Å²) in [6.07, 6.45) is 4.39. The third-order valence-electron chi connectivity index (χ3n) is 7.26. The second-order valence-corrected chi connectivity index (χ2v) is 12.0. The van der Waals surface area contributed by atoms with Crippen LogP contribution in [0, 0.1) is 0 Å². The van der Waals surface area contributed by atoms with Gasteiger partial charge in [-0.05, 0) is 45.3 Å². The Morgan fingerprint density at radius 3 is 2.12 bits per heavy atom. The number of rotatable bonds is 7. The van der Waals surface area contributed by atoms with E-state index in [1.54, 1.807) is 23.9 Å². The average Bonchev–Trinajstić information content (AvgIpc) is 2.98. The molecule has 0 bridgehead atoms. The van der Waals surface area contributed by atoms with Crippen molar-refractivity contribution in [3.05, 3.63) is 35.9 Å². The van der Waals surface area contributed by atoms with E-state index in [0.29, 0.717) is 6.54 Å². The molecule has 1 aliphatic carbocycles. The monoisotopic (exact) mass is 464 g/mol. The number of nitrogens with zero attached hydrogens (tertiary/aromatic N) is 4. The van der Waals surface area contributed by atoms with Gasteiger partial charge in [-0.1, -0.05) is 30.3 Å². The molecular formula is C23H36N4O4S. The molecule has 3 rings (SSSR count). The predicted octanol–water partition coefficient (Wildman–Crippen LogP) is 1.63. The molecule has 1 saturated heterocycles. The Morgan fingerprint density at radius 1 is 1.03 bits per heavy atom. The smallest absolute Gasteiger partial charge is 0.321 e. The lowest BCUT2D eigenvalue weighted by molar-refractivity contribution is -0.130. The summed E-state index contributed by atoms with van der Waals surface area (Å²) in [4.78, 5) is 32.9. The fraction of sp³-hybridized carbons (Fsp3) is 0.652. The molecule has 2 fully saturated rings. The van der Waals surface area contributed by atoms with Crippen LogP contribution in [0.4, 0.5) is 4.79 Å². The molecule has 1 aliphatic heterocycles. The Balaban J connectivity index is 1.88. The van der Waals surface area contributed by atoms with Gasteiger partial charge >= 0.3 is 6.03 Å². The van der Waals surface area contributed by atoms with Gasteiger partial charge in [0.2, 0.25) is 5.91 Å². The van der Waals surface area contributed by atoms with Crippen LogP contribution < -0.4 is 0 Å². The van der Waals surface area contributed by atoms with E-state index in [2.05, 4.69) is 43.3 Å². The van der Waals surface area contributed by atoms with Crippen LogP contribution >= 0.6 is 0 Å². The van der Waals surface area contributed by atoms with Crippen molar-refractivity contribution in [1.29, 1.82) is 0 Å². The van der Waals surface area contributed by atoms with Crippen LogP contribution in [0.2, 0.25) is 0 Å². The number of amides is 3. The first kappa shape index (κ1) is 24.5. The minimum atomic E-state index is -3.19. The third-order valence-corrected chi connectivity index (χ3v) is 8.18. The predicted molar refractivity (Wildman–Crippen MR) is 125 cm³/mol. The van der Waals surface area contributed by atoms with E-state index in [1.165, 1.54) is 16.7 Å². The van der Waals surface area contributed by atoms with Gasteiger partial charge in [0.15, 0.2) is 0 Å². The first-order valence-electron chi connectivity index (χ1n) is 11.1. The molecule has 0 aromatic heterocycles. The van der Waals surface area contributed by atoms with Crippen molar-refractivity contribution >= 4 is 21.8 Å². The van der Waals surface area contributed by atoms with Crippen LogP contribution in [-0.2, 0) is 20.2 Å². The minimum Gasteiger partial charge on any atom is -0.347 e. The lowest BCUT2D eigenvalue weighted by atomic mass is 9.68. The number of carbonyl (C=O) groups is 2. The molecule has 1 aromatic rings. The van der Waals surface area contributed by atoms with Crippen molar-refractivity contribution in [1.82, 2.24) is 19.6 Å². The lowest BCUT2D eigenvalue weighted by Gasteiger charge is -2.51. The summed E-state index contributed by atoms with van der Waals surface area (Å²) in [5, 5.41) is 0. The van der Waals surface area contributed by atoms with Gasteiger partial charge in [0, 0.05) is 39.0 Å². The third kappa shape index (κ3) is 4.78. The summed E-state index contributed by atoms with van der Waals surface area (Å²) in [5.41, 5.74) is 0.663. The van der Waals surface area contributed by atoms with Crippen LogP contribution in [-0.4, -0.2) is 105 Å². The molecule has 1 saturated carbocycles. The summed E-state index contributed by atoms with van der Waals surface area (Å²) in [6.45, 7) is 0.630. The fourth-order valence-electron chi connectivity index (χ4n) is 5.14. The normalized spacial score (nSPS) is 26.2. The summed E-state index contributed by atoms with van der Waals surface area (Å²) in [7, 11) is 4.37. The van der Waals surface area contributed by atoms with E-state index in [9.17, 15) is 18.0 Å². The van der Waals surface area contributed by atoms with Gasteiger partial charge in [-0.25, -0.2) is 13.2 Å². The van der Waals surface area contributed by atoms with E-state index in [1.807, 2.05) is 6.07 Å². The second-order valence-electron chi connectivity index (χ2n) is 9.72. The quantitative estimate of drug-likeness (QED) is 0.613. The fourth-order valence-corrected chi connectivity index (χ4v) is 5.70. The van der Waals surface area contributed by atoms with Crippen LogP contribution in [0.15, 0.2) is 30.3 Å². The number of hydrogen-bond donors (Lipinski definition) is 0. The zero-order valence-corrected chi connectivity index (χ0v) is 20.7. The Labute approximate surface area is 192 Å². The van der Waals surface area contributed by atoms with Crippen LogP contribution in [0.3, 0.4) is 0 Å². The zero-order valence-electron chi connectivity index (χ0n) is 19.9. The van der Waals surface area contributed by atoms with Crippen LogP contribution in [0.5, 0.6) is 0 Å². The van der Waals surface area contributed by atoms with E-state index in [-0.39, 0.29) is 36.3 Å². The van der Waals surface area contributed by atoms with Crippen molar-refractivity contribution < 1.29 is 18.0 Å². The van der Waals surface area contributed by atoms with Crippen molar-refractivity contribution in [2.75, 3.05) is 59.8 Å². The Kier molecular flexibility index (Phi) is 6.91. The molecule has 8 nitrogen and oxygen atoms in total. The van der Waals surface area contributed by atoms with E-state index >= 15 is 0 Å². The van der Waals surface area contributed by atoms with E-state index in [0.717, 1.165) is 25.7 Å². The number of likely N-dealkylation sites (N-methyl/N-ethyl adjacent to an activating group) is 1. The lowest BCUT2D eigenvalue weighted by Crippen LogP contribution is -2.57. The zero-order chi connectivity index (χ0) is 23.7. The van der Waals surface area contributed by atoms with Gasteiger partial charge in [0.05, 0.1) is 11.3 Å². The largest absolute Gasteiger partial charge is 0.347 e. The van der Waals surface area contributed by atoms with Crippen LogP contribution in [0.1, 0.15) is 31.2 Å². The molecule has 1 aromatic carbocycles. The van der Waals surface area contributed by atoms with Gasteiger partial charge in [0.1, 0.15) is 16.4 Å². The Bertz CT molecular complexity index is 938. The second kappa shape index (κ2) is 9.02. The Morgan fingerprint density at radius 2 is 1.62 bits per heavy atom. The molecule has 3 amide bonds. The molecule has 9 heteroatoms. The molecule has 0 N–H and O–H groups in total. The SMILES string of the molecule is CN(C)C(=O)CN1C(=O)N(CCS(C)(=O)=O)C[C@]12CC[C@@](c1ccccc1)(N(C)C)CC2. The molecule has 32 heavy (non-hydrogen) atoms. The maximum atomic E-state index is 13.3. The van der Waals surface area contributed by atoms with Gasteiger partial charge in [-0.2, -0.15) is 0 Å². The van der Waals surface area contributed by atoms with E-state index in [4.69, 9.17) is 0 Å². The van der Waals surface area contributed by atoms with Gasteiger partial charge in [-0.15, -0.1) is 0 Å². The van der Waals surface area contributed by atoms with Crippen molar-refractivity contribution in [3.63, 3.8) is 0 Å². The first-order valence-corrected chi connectivity index (χ1v) is 13.1. The van der Waals surface area contributed by atoms with E-state index < -0.39 is 15.4 Å². The first-order chi connectivity index (χ1) is 14.9. The maximum absolute atomic E-state index is 13.3. The van der Waals surface area contributed by atoms with Crippen molar-refractivity contribution in [2.45, 2.75) is 36.8 Å². The highest BCUT2D eigenvalue weighted by Crippen LogP contribution is 2.48. The summed E-state index contributed by atoms with van der Waals surface area (Å²) in [6, 6.07) is 10.2. The number of sulfone groups is 1. The van der Waals surface area contributed by atoms with Crippen molar-refractivity contribution in [3.8, 4) is 0 Å². The molecule has 0 atom stereocenters. The standard InChI is InChI=1S/C23H36N4O4S/c1-24(2)20(28)17-27-21(29)26(15-16-32(5,30)31)18-22(27)11-13-23(14-12-22,25(3)4)19-9-7-6-8-10-19/h6-10H,11-18H2,1-5H3/t22-,23-. The molecular weight excluding hydrogens is 428 g/mol. The number of carbonyl (C=O) groups excluding carboxylic acids is 2. The van der Waals surface area contributed by atoms with Crippen LogP contribution in [0.25, 0.3) is 0 Å². The average molecular weight is 465 g/mol. The number of benzene rings is 1. The van der Waals surface area contributed by atoms with Gasteiger partial charge < -0.3 is 14.7 Å². The highest BCUT2D eigenvalue weighted by molar-refractivity contribution is 7.90. The summed E-state index contributed by atoms with van der Waals surface area (Å²) in [5.74, 6) is -0.203. The number of hydrogen-bond acceptors (Lipinski definition) is 5. The highest BCUT2D eigenvalue weighted by Gasteiger charge is 2.54. The molecule has 0 unspecified atom stereocenters. The van der Waals surface area contributed by atoms with Crippen molar-refractivity contribution in [2.24, 2.45) is 0 Å². The molecule has 1 heterocycles. The highest BCUT2D eigenvalue weighted by atomic mass is 32.2. The van der Waals surface area contributed by atoms with Gasteiger partial charge in [0.25, 0.3) is 0 Å². The van der Waals surface area contributed by atoms with Gasteiger partial charge in [-0.3, -0.25) is 9.69 Å². The minimum absolute atomic E-state index is 0.0154. The maximum Gasteiger partial charge on any atom is 0.321 e. The topological polar surface area (TPSA) is 81.2 Å². The summed E-state index contributed by atoms with van der Waals surface area (Å²) >= 11 is 0. The molecule has 0 radical (unpaired) electrons.